The van der Waals surface area contributed by atoms with Crippen molar-refractivity contribution in [3.8, 4) is 11.5 Å². The summed E-state index contributed by atoms with van der Waals surface area (Å²) in [5, 5.41) is 0. The van der Waals surface area contributed by atoms with Gasteiger partial charge in [0.2, 0.25) is 0 Å². The molecule has 0 aromatic heterocycles. The highest BCUT2D eigenvalue weighted by Crippen LogP contribution is 2.42. The molecule has 1 aromatic carbocycles. The first-order chi connectivity index (χ1) is 7.39. The number of rotatable bonds is 2. The van der Waals surface area contributed by atoms with E-state index in [-0.39, 0.29) is 23.5 Å². The van der Waals surface area contributed by atoms with Crippen molar-refractivity contribution in [2.75, 3.05) is 0 Å². The second-order valence-corrected chi connectivity index (χ2v) is 4.14. The van der Waals surface area contributed by atoms with Crippen molar-refractivity contribution in [2.45, 2.75) is 26.2 Å². The fraction of sp³-hybridized carbons (Fsp3) is 0.455. The quantitative estimate of drug-likeness (QED) is 0.847. The summed E-state index contributed by atoms with van der Waals surface area (Å²) in [4.78, 5) is 0. The van der Waals surface area contributed by atoms with Gasteiger partial charge in [0.1, 0.15) is 0 Å². The molecular formula is C11H13F2NO2. The molecule has 5 heteroatoms. The van der Waals surface area contributed by atoms with Gasteiger partial charge < -0.3 is 15.2 Å². The molecule has 88 valence electrons. The molecule has 1 aliphatic rings. The first-order valence-electron chi connectivity index (χ1n) is 5.04. The Morgan fingerprint density at radius 3 is 2.44 bits per heavy atom. The van der Waals surface area contributed by atoms with Gasteiger partial charge in [-0.2, -0.15) is 0 Å². The van der Waals surface area contributed by atoms with Crippen molar-refractivity contribution in [1.29, 1.82) is 0 Å². The van der Waals surface area contributed by atoms with E-state index in [1.54, 1.807) is 6.07 Å². The lowest BCUT2D eigenvalue weighted by molar-refractivity contribution is -0.286. The summed E-state index contributed by atoms with van der Waals surface area (Å²) in [6.07, 6.45) is -3.57. The Labute approximate surface area is 92.1 Å². The summed E-state index contributed by atoms with van der Waals surface area (Å²) >= 11 is 0. The minimum atomic E-state index is -3.57. The van der Waals surface area contributed by atoms with Crippen LogP contribution in [0.15, 0.2) is 18.2 Å². The third-order valence-electron chi connectivity index (χ3n) is 2.53. The van der Waals surface area contributed by atoms with E-state index in [1.807, 2.05) is 13.8 Å². The standard InChI is InChI=1S/C11H13F2NO2/c1-6(2)10(14)7-3-4-8-9(5-7)16-11(12,13)15-8/h3-6,10H,14H2,1-2H3/t10-/m0/s1. The molecule has 1 aliphatic heterocycles. The second kappa shape index (κ2) is 3.59. The SMILES string of the molecule is CC(C)[C@H](N)c1ccc2c(c1)OC(F)(F)O2. The van der Waals surface area contributed by atoms with E-state index < -0.39 is 6.29 Å². The molecule has 16 heavy (non-hydrogen) atoms. The second-order valence-electron chi connectivity index (χ2n) is 4.14. The van der Waals surface area contributed by atoms with Gasteiger partial charge in [-0.25, -0.2) is 0 Å². The van der Waals surface area contributed by atoms with Crippen molar-refractivity contribution in [3.63, 3.8) is 0 Å². The Morgan fingerprint density at radius 1 is 1.19 bits per heavy atom. The predicted molar refractivity (Wildman–Crippen MR) is 54.4 cm³/mol. The largest absolute Gasteiger partial charge is 0.586 e. The summed E-state index contributed by atoms with van der Waals surface area (Å²) in [6, 6.07) is 4.42. The lowest BCUT2D eigenvalue weighted by Crippen LogP contribution is -2.26. The molecule has 0 aliphatic carbocycles. The summed E-state index contributed by atoms with van der Waals surface area (Å²) in [5.41, 5.74) is 6.67. The molecule has 3 nitrogen and oxygen atoms in total. The van der Waals surface area contributed by atoms with Crippen molar-refractivity contribution in [3.05, 3.63) is 23.8 Å². The molecule has 0 spiro atoms. The van der Waals surface area contributed by atoms with Gasteiger partial charge >= 0.3 is 6.29 Å². The molecule has 1 heterocycles. The van der Waals surface area contributed by atoms with E-state index in [0.29, 0.717) is 0 Å². The van der Waals surface area contributed by atoms with Crippen molar-refractivity contribution >= 4 is 0 Å². The van der Waals surface area contributed by atoms with Crippen LogP contribution in [0.1, 0.15) is 25.5 Å². The molecular weight excluding hydrogens is 216 g/mol. The Balaban J connectivity index is 2.29. The smallest absolute Gasteiger partial charge is 0.395 e. The summed E-state index contributed by atoms with van der Waals surface area (Å²) < 4.78 is 34.2. The van der Waals surface area contributed by atoms with Crippen LogP contribution in [0.3, 0.4) is 0 Å². The summed E-state index contributed by atoms with van der Waals surface area (Å²) in [7, 11) is 0. The first kappa shape index (κ1) is 11.1. The van der Waals surface area contributed by atoms with Gasteiger partial charge in [0.05, 0.1) is 0 Å². The maximum Gasteiger partial charge on any atom is 0.586 e. The van der Waals surface area contributed by atoms with Crippen LogP contribution < -0.4 is 15.2 Å². The summed E-state index contributed by atoms with van der Waals surface area (Å²) in [5.74, 6) is 0.309. The van der Waals surface area contributed by atoms with Crippen LogP contribution in [0.4, 0.5) is 8.78 Å². The fourth-order valence-electron chi connectivity index (χ4n) is 1.56. The van der Waals surface area contributed by atoms with Crippen LogP contribution >= 0.6 is 0 Å². The highest BCUT2D eigenvalue weighted by atomic mass is 19.3. The lowest BCUT2D eigenvalue weighted by Gasteiger charge is -2.15. The van der Waals surface area contributed by atoms with E-state index in [2.05, 4.69) is 9.47 Å². The highest BCUT2D eigenvalue weighted by Gasteiger charge is 2.43. The number of benzene rings is 1. The van der Waals surface area contributed by atoms with Crippen LogP contribution in [-0.2, 0) is 0 Å². The van der Waals surface area contributed by atoms with Gasteiger partial charge in [-0.05, 0) is 23.6 Å². The van der Waals surface area contributed by atoms with Crippen LogP contribution in [0.5, 0.6) is 11.5 Å². The van der Waals surface area contributed by atoms with E-state index in [4.69, 9.17) is 5.73 Å². The Kier molecular flexibility index (Phi) is 2.50. The molecule has 0 saturated carbocycles. The number of hydrogen-bond donors (Lipinski definition) is 1. The third kappa shape index (κ3) is 1.95. The predicted octanol–water partition coefficient (Wildman–Crippen LogP) is 2.66. The molecule has 0 fully saturated rings. The minimum absolute atomic E-state index is 0.0404. The third-order valence-corrected chi connectivity index (χ3v) is 2.53. The maximum absolute atomic E-state index is 12.8. The number of nitrogens with two attached hydrogens (primary N) is 1. The van der Waals surface area contributed by atoms with Gasteiger partial charge in [-0.1, -0.05) is 19.9 Å². The zero-order valence-corrected chi connectivity index (χ0v) is 9.04. The number of ether oxygens (including phenoxy) is 2. The lowest BCUT2D eigenvalue weighted by atomic mass is 9.97. The molecule has 1 atom stereocenters. The molecule has 0 radical (unpaired) electrons. The molecule has 0 bridgehead atoms. The van der Waals surface area contributed by atoms with Gasteiger partial charge in [0.15, 0.2) is 11.5 Å². The Morgan fingerprint density at radius 2 is 1.81 bits per heavy atom. The number of fused-ring (bicyclic) bond motifs is 1. The number of hydrogen-bond acceptors (Lipinski definition) is 3. The van der Waals surface area contributed by atoms with Crippen LogP contribution in [0.25, 0.3) is 0 Å². The average molecular weight is 229 g/mol. The monoisotopic (exact) mass is 229 g/mol. The van der Waals surface area contributed by atoms with Crippen LogP contribution in [-0.4, -0.2) is 6.29 Å². The van der Waals surface area contributed by atoms with E-state index in [1.165, 1.54) is 12.1 Å². The van der Waals surface area contributed by atoms with E-state index in [0.717, 1.165) is 5.56 Å². The number of alkyl halides is 2. The van der Waals surface area contributed by atoms with Gasteiger partial charge in [-0.15, -0.1) is 8.78 Å². The molecule has 0 unspecified atom stereocenters. The Bertz CT molecular complexity index is 407. The maximum atomic E-state index is 12.8. The zero-order valence-electron chi connectivity index (χ0n) is 9.04. The average Bonchev–Trinajstić information content (AvgIpc) is 2.48. The normalized spacial score (nSPS) is 18.9. The van der Waals surface area contributed by atoms with Gasteiger partial charge in [0.25, 0.3) is 0 Å². The molecule has 0 amide bonds. The molecule has 1 aromatic rings. The minimum Gasteiger partial charge on any atom is -0.395 e. The van der Waals surface area contributed by atoms with Crippen molar-refractivity contribution in [1.82, 2.24) is 0 Å². The van der Waals surface area contributed by atoms with E-state index >= 15 is 0 Å². The fourth-order valence-corrected chi connectivity index (χ4v) is 1.56. The molecule has 0 saturated heterocycles. The zero-order chi connectivity index (χ0) is 11.9. The molecule has 2 N–H and O–H groups in total. The van der Waals surface area contributed by atoms with Gasteiger partial charge in [0, 0.05) is 6.04 Å². The first-order valence-corrected chi connectivity index (χ1v) is 5.04. The van der Waals surface area contributed by atoms with Gasteiger partial charge in [-0.3, -0.25) is 0 Å². The molecule has 2 rings (SSSR count). The van der Waals surface area contributed by atoms with Crippen LogP contribution in [0, 0.1) is 5.92 Å². The van der Waals surface area contributed by atoms with Crippen molar-refractivity contribution in [2.24, 2.45) is 11.7 Å². The van der Waals surface area contributed by atoms with Crippen LogP contribution in [0.2, 0.25) is 0 Å². The Hall–Kier alpha value is -1.36. The van der Waals surface area contributed by atoms with E-state index in [9.17, 15) is 8.78 Å². The highest BCUT2D eigenvalue weighted by molar-refractivity contribution is 5.46. The topological polar surface area (TPSA) is 44.5 Å². The van der Waals surface area contributed by atoms with Crippen molar-refractivity contribution < 1.29 is 18.3 Å². The summed E-state index contributed by atoms with van der Waals surface area (Å²) in [6.45, 7) is 3.92. The number of halogens is 2.